The maximum Gasteiger partial charge on any atom is 0.274 e. The van der Waals surface area contributed by atoms with E-state index < -0.39 is 5.91 Å². The molecule has 31 heavy (non-hydrogen) atoms. The quantitative estimate of drug-likeness (QED) is 0.401. The number of aromatic nitrogens is 3. The maximum atomic E-state index is 12.8. The van der Waals surface area contributed by atoms with Crippen LogP contribution in [0.15, 0.2) is 42.6 Å². The number of rotatable bonds is 5. The Morgan fingerprint density at radius 3 is 2.65 bits per heavy atom. The van der Waals surface area contributed by atoms with Crippen molar-refractivity contribution >= 4 is 63.5 Å². The number of aromatic hydroxyl groups is 1. The second-order valence-electron chi connectivity index (χ2n) is 6.73. The van der Waals surface area contributed by atoms with Gasteiger partial charge in [0.1, 0.15) is 5.52 Å². The lowest BCUT2D eigenvalue weighted by atomic mass is 10.1. The maximum absolute atomic E-state index is 12.8. The molecule has 0 unspecified atom stereocenters. The molecule has 3 aromatic heterocycles. The molecule has 6 nitrogen and oxygen atoms in total. The molecule has 0 saturated carbocycles. The summed E-state index contributed by atoms with van der Waals surface area (Å²) in [4.78, 5) is 19.5. The number of hydrogen-bond donors (Lipinski definition) is 2. The number of fused-ring (bicyclic) bond motifs is 1. The van der Waals surface area contributed by atoms with Gasteiger partial charge in [0.05, 0.1) is 11.9 Å². The van der Waals surface area contributed by atoms with Crippen LogP contribution < -0.4 is 5.32 Å². The van der Waals surface area contributed by atoms with Crippen molar-refractivity contribution in [3.05, 3.63) is 79.3 Å². The summed E-state index contributed by atoms with van der Waals surface area (Å²) in [6.45, 7) is 2.19. The fraction of sp³-hybridized carbons (Fsp3) is 0.0909. The lowest BCUT2D eigenvalue weighted by Gasteiger charge is -2.10. The third-order valence-electron chi connectivity index (χ3n) is 4.43. The van der Waals surface area contributed by atoms with Gasteiger partial charge >= 0.3 is 0 Å². The molecule has 0 aliphatic heterocycles. The van der Waals surface area contributed by atoms with Gasteiger partial charge in [-0.15, -0.1) is 16.4 Å². The Balaban J connectivity index is 1.67. The first-order valence-corrected chi connectivity index (χ1v) is 10.8. The van der Waals surface area contributed by atoms with Gasteiger partial charge in [0.25, 0.3) is 5.91 Å². The van der Waals surface area contributed by atoms with Gasteiger partial charge in [-0.05, 0) is 61.0 Å². The molecular weight excluding hydrogens is 455 g/mol. The Morgan fingerprint density at radius 1 is 1.16 bits per heavy atom. The van der Waals surface area contributed by atoms with E-state index in [0.717, 1.165) is 10.4 Å². The molecule has 0 aliphatic rings. The van der Waals surface area contributed by atoms with Crippen molar-refractivity contribution in [1.29, 1.82) is 0 Å². The SMILES string of the molecule is Cc1ccc(C=Cc2nc(C(=O)NCc3cc(Cl)cc(Cl)c3)c(O)c3nnccc23)s1. The molecule has 0 bridgehead atoms. The number of benzene rings is 1. The second-order valence-corrected chi connectivity index (χ2v) is 8.92. The summed E-state index contributed by atoms with van der Waals surface area (Å²) >= 11 is 13.7. The van der Waals surface area contributed by atoms with Gasteiger partial charge in [-0.2, -0.15) is 5.10 Å². The number of carbonyl (C=O) groups excluding carboxylic acids is 1. The zero-order valence-electron chi connectivity index (χ0n) is 16.3. The van der Waals surface area contributed by atoms with Crippen molar-refractivity contribution in [3.63, 3.8) is 0 Å². The van der Waals surface area contributed by atoms with Crippen LogP contribution in [0.2, 0.25) is 10.0 Å². The molecule has 4 rings (SSSR count). The number of amides is 1. The number of nitrogens with one attached hydrogen (secondary N) is 1. The summed E-state index contributed by atoms with van der Waals surface area (Å²) in [5.41, 5.74) is 1.29. The Labute approximate surface area is 192 Å². The minimum absolute atomic E-state index is 0.136. The molecular formula is C22H16Cl2N4O2S. The van der Waals surface area contributed by atoms with Gasteiger partial charge in [0.15, 0.2) is 11.4 Å². The van der Waals surface area contributed by atoms with Crippen LogP contribution in [0, 0.1) is 6.92 Å². The summed E-state index contributed by atoms with van der Waals surface area (Å²) in [6, 6.07) is 10.7. The Bertz CT molecular complexity index is 1300. The van der Waals surface area contributed by atoms with E-state index in [0.29, 0.717) is 21.1 Å². The number of thiophene rings is 1. The van der Waals surface area contributed by atoms with Crippen molar-refractivity contribution in [2.45, 2.75) is 13.5 Å². The van der Waals surface area contributed by atoms with Crippen LogP contribution in [0.25, 0.3) is 23.1 Å². The molecule has 0 saturated heterocycles. The topological polar surface area (TPSA) is 88.0 Å². The van der Waals surface area contributed by atoms with Crippen LogP contribution in [0.5, 0.6) is 5.75 Å². The number of nitrogens with zero attached hydrogens (tertiary/aromatic N) is 3. The number of halogens is 2. The van der Waals surface area contributed by atoms with E-state index >= 15 is 0 Å². The molecule has 0 radical (unpaired) electrons. The van der Waals surface area contributed by atoms with E-state index in [1.165, 1.54) is 11.1 Å². The molecule has 1 amide bonds. The lowest BCUT2D eigenvalue weighted by Crippen LogP contribution is -2.24. The first kappa shape index (κ1) is 21.2. The summed E-state index contributed by atoms with van der Waals surface area (Å²) < 4.78 is 0. The van der Waals surface area contributed by atoms with E-state index in [4.69, 9.17) is 23.2 Å². The predicted octanol–water partition coefficient (Wildman–Crippen LogP) is 5.51. The Hall–Kier alpha value is -3.00. The highest BCUT2D eigenvalue weighted by molar-refractivity contribution is 7.12. The number of pyridine rings is 1. The Kier molecular flexibility index (Phi) is 6.18. The second kappa shape index (κ2) is 9.01. The van der Waals surface area contributed by atoms with Crippen molar-refractivity contribution < 1.29 is 9.90 Å². The van der Waals surface area contributed by atoms with E-state index in [2.05, 4.69) is 20.5 Å². The zero-order chi connectivity index (χ0) is 22.0. The first-order chi connectivity index (χ1) is 14.9. The van der Waals surface area contributed by atoms with Crippen LogP contribution in [-0.2, 0) is 6.54 Å². The molecule has 4 aromatic rings. The Morgan fingerprint density at radius 2 is 1.94 bits per heavy atom. The van der Waals surface area contributed by atoms with Gasteiger partial charge in [0.2, 0.25) is 0 Å². The zero-order valence-corrected chi connectivity index (χ0v) is 18.6. The number of hydrogen-bond acceptors (Lipinski definition) is 6. The normalized spacial score (nSPS) is 11.3. The molecule has 0 fully saturated rings. The van der Waals surface area contributed by atoms with Crippen LogP contribution in [0.3, 0.4) is 0 Å². The third-order valence-corrected chi connectivity index (χ3v) is 5.84. The minimum atomic E-state index is -0.553. The number of aryl methyl sites for hydroxylation is 1. The summed E-state index contributed by atoms with van der Waals surface area (Å²) in [5, 5.41) is 22.7. The lowest BCUT2D eigenvalue weighted by molar-refractivity contribution is 0.0943. The summed E-state index contributed by atoms with van der Waals surface area (Å²) in [6.07, 6.45) is 5.22. The minimum Gasteiger partial charge on any atom is -0.504 e. The highest BCUT2D eigenvalue weighted by Gasteiger charge is 2.19. The summed E-state index contributed by atoms with van der Waals surface area (Å²) in [7, 11) is 0. The van der Waals surface area contributed by atoms with Crippen molar-refractivity contribution in [1.82, 2.24) is 20.5 Å². The highest BCUT2D eigenvalue weighted by atomic mass is 35.5. The molecule has 9 heteroatoms. The van der Waals surface area contributed by atoms with Gasteiger partial charge < -0.3 is 10.4 Å². The van der Waals surface area contributed by atoms with Crippen LogP contribution in [-0.4, -0.2) is 26.2 Å². The average molecular weight is 471 g/mol. The molecule has 156 valence electrons. The van der Waals surface area contributed by atoms with Gasteiger partial charge in [-0.3, -0.25) is 4.79 Å². The molecule has 2 N–H and O–H groups in total. The van der Waals surface area contributed by atoms with Crippen LogP contribution in [0.4, 0.5) is 0 Å². The van der Waals surface area contributed by atoms with E-state index in [1.54, 1.807) is 41.7 Å². The smallest absolute Gasteiger partial charge is 0.274 e. The fourth-order valence-electron chi connectivity index (χ4n) is 3.03. The third kappa shape index (κ3) is 4.85. The average Bonchev–Trinajstić information content (AvgIpc) is 3.16. The number of carbonyl (C=O) groups is 1. The predicted molar refractivity (Wildman–Crippen MR) is 125 cm³/mol. The summed E-state index contributed by atoms with van der Waals surface area (Å²) in [5.74, 6) is -0.878. The monoisotopic (exact) mass is 470 g/mol. The van der Waals surface area contributed by atoms with Crippen molar-refractivity contribution in [2.24, 2.45) is 0 Å². The van der Waals surface area contributed by atoms with Gasteiger partial charge in [-0.25, -0.2) is 4.98 Å². The van der Waals surface area contributed by atoms with E-state index in [9.17, 15) is 9.90 Å². The van der Waals surface area contributed by atoms with Gasteiger partial charge in [0, 0.05) is 31.7 Å². The molecule has 0 atom stereocenters. The largest absolute Gasteiger partial charge is 0.504 e. The van der Waals surface area contributed by atoms with E-state index in [1.807, 2.05) is 25.1 Å². The van der Waals surface area contributed by atoms with Crippen molar-refractivity contribution in [3.8, 4) is 5.75 Å². The fourth-order valence-corrected chi connectivity index (χ4v) is 4.38. The van der Waals surface area contributed by atoms with Crippen LogP contribution in [0.1, 0.15) is 31.5 Å². The molecule has 0 spiro atoms. The van der Waals surface area contributed by atoms with E-state index in [-0.39, 0.29) is 23.5 Å². The van der Waals surface area contributed by atoms with Crippen molar-refractivity contribution in [2.75, 3.05) is 0 Å². The van der Waals surface area contributed by atoms with Gasteiger partial charge in [-0.1, -0.05) is 23.2 Å². The highest BCUT2D eigenvalue weighted by Crippen LogP contribution is 2.29. The molecule has 3 heterocycles. The van der Waals surface area contributed by atoms with Crippen LogP contribution >= 0.6 is 34.5 Å². The molecule has 0 aliphatic carbocycles. The molecule has 1 aromatic carbocycles. The first-order valence-electron chi connectivity index (χ1n) is 9.23. The standard InChI is InChI=1S/C22H16Cl2N4O2S/c1-12-2-3-16(31-12)4-5-18-17-6-7-26-28-19(17)21(29)20(27-18)22(30)25-11-13-8-14(23)10-15(24)9-13/h2-10,29H,11H2,1H3,(H,25,30).